The quantitative estimate of drug-likeness (QED) is 0.825. The van der Waals surface area contributed by atoms with Crippen LogP contribution < -0.4 is 14.8 Å². The summed E-state index contributed by atoms with van der Waals surface area (Å²) in [6.45, 7) is 6.16. The van der Waals surface area contributed by atoms with Crippen LogP contribution in [-0.2, 0) is 4.79 Å². The molecular weight excluding hydrogens is 326 g/mol. The van der Waals surface area contributed by atoms with Gasteiger partial charge in [-0.25, -0.2) is 0 Å². The van der Waals surface area contributed by atoms with Crippen molar-refractivity contribution in [2.45, 2.75) is 26.8 Å². The van der Waals surface area contributed by atoms with Gasteiger partial charge in [0, 0.05) is 5.02 Å². The molecule has 0 saturated carbocycles. The normalized spacial score (nSPS) is 11.7. The summed E-state index contributed by atoms with van der Waals surface area (Å²) >= 11 is 5.82. The van der Waals surface area contributed by atoms with Gasteiger partial charge in [-0.3, -0.25) is 4.79 Å². The molecule has 24 heavy (non-hydrogen) atoms. The standard InChI is InChI=1S/C19H22ClNO3/c1-13-5-4-6-14(2)19(13)24-12-18(22)21-15(3)11-23-17-9-7-16(20)8-10-17/h4-10,15H,11-12H2,1-3H3,(H,21,22)/t15-/m1/s1. The highest BCUT2D eigenvalue weighted by Crippen LogP contribution is 2.22. The summed E-state index contributed by atoms with van der Waals surface area (Å²) < 4.78 is 11.2. The molecular formula is C19H22ClNO3. The topological polar surface area (TPSA) is 47.6 Å². The van der Waals surface area contributed by atoms with Crippen LogP contribution in [0.4, 0.5) is 0 Å². The Bertz CT molecular complexity index is 665. The first-order valence-electron chi connectivity index (χ1n) is 7.82. The average Bonchev–Trinajstić information content (AvgIpc) is 2.54. The van der Waals surface area contributed by atoms with E-state index < -0.39 is 0 Å². The lowest BCUT2D eigenvalue weighted by molar-refractivity contribution is -0.123. The number of ether oxygens (including phenoxy) is 2. The van der Waals surface area contributed by atoms with Gasteiger partial charge in [-0.05, 0) is 56.2 Å². The second kappa shape index (κ2) is 8.60. The molecule has 1 atom stereocenters. The Balaban J connectivity index is 1.76. The van der Waals surface area contributed by atoms with Crippen LogP contribution in [0, 0.1) is 13.8 Å². The van der Waals surface area contributed by atoms with Crippen molar-refractivity contribution < 1.29 is 14.3 Å². The largest absolute Gasteiger partial charge is 0.491 e. The number of hydrogen-bond donors (Lipinski definition) is 1. The lowest BCUT2D eigenvalue weighted by Crippen LogP contribution is -2.39. The minimum atomic E-state index is -0.176. The maximum atomic E-state index is 12.0. The van der Waals surface area contributed by atoms with Gasteiger partial charge in [0.2, 0.25) is 0 Å². The van der Waals surface area contributed by atoms with Crippen LogP contribution in [-0.4, -0.2) is 25.2 Å². The highest BCUT2D eigenvalue weighted by molar-refractivity contribution is 6.30. The Kier molecular flexibility index (Phi) is 6.50. The van der Waals surface area contributed by atoms with Crippen molar-refractivity contribution in [3.05, 3.63) is 58.6 Å². The van der Waals surface area contributed by atoms with E-state index in [-0.39, 0.29) is 18.6 Å². The fraction of sp³-hybridized carbons (Fsp3) is 0.316. The van der Waals surface area contributed by atoms with Crippen molar-refractivity contribution in [2.24, 2.45) is 0 Å². The first-order chi connectivity index (χ1) is 11.5. The van der Waals surface area contributed by atoms with Crippen LogP contribution in [0.25, 0.3) is 0 Å². The molecule has 0 bridgehead atoms. The molecule has 1 N–H and O–H groups in total. The number of benzene rings is 2. The van der Waals surface area contributed by atoms with E-state index in [0.717, 1.165) is 16.9 Å². The van der Waals surface area contributed by atoms with Gasteiger partial charge in [0.1, 0.15) is 18.1 Å². The van der Waals surface area contributed by atoms with E-state index >= 15 is 0 Å². The summed E-state index contributed by atoms with van der Waals surface area (Å²) in [4.78, 5) is 12.0. The summed E-state index contributed by atoms with van der Waals surface area (Å²) in [6.07, 6.45) is 0. The maximum absolute atomic E-state index is 12.0. The summed E-state index contributed by atoms with van der Waals surface area (Å²) in [5, 5.41) is 3.52. The Morgan fingerprint density at radius 2 is 1.71 bits per heavy atom. The van der Waals surface area contributed by atoms with Crippen molar-refractivity contribution in [1.82, 2.24) is 5.32 Å². The van der Waals surface area contributed by atoms with Crippen molar-refractivity contribution in [1.29, 1.82) is 0 Å². The fourth-order valence-corrected chi connectivity index (χ4v) is 2.40. The molecule has 1 amide bonds. The van der Waals surface area contributed by atoms with Crippen LogP contribution in [0.3, 0.4) is 0 Å². The van der Waals surface area contributed by atoms with Crippen molar-refractivity contribution in [2.75, 3.05) is 13.2 Å². The van der Waals surface area contributed by atoms with Gasteiger partial charge in [0.05, 0.1) is 6.04 Å². The van der Waals surface area contributed by atoms with Crippen LogP contribution in [0.1, 0.15) is 18.1 Å². The highest BCUT2D eigenvalue weighted by atomic mass is 35.5. The number of carbonyl (C=O) groups is 1. The van der Waals surface area contributed by atoms with Gasteiger partial charge < -0.3 is 14.8 Å². The van der Waals surface area contributed by atoms with Gasteiger partial charge in [-0.2, -0.15) is 0 Å². The molecule has 0 spiro atoms. The van der Waals surface area contributed by atoms with Crippen molar-refractivity contribution >= 4 is 17.5 Å². The van der Waals surface area contributed by atoms with Gasteiger partial charge in [-0.15, -0.1) is 0 Å². The molecule has 2 aromatic carbocycles. The number of hydrogen-bond acceptors (Lipinski definition) is 3. The van der Waals surface area contributed by atoms with Gasteiger partial charge in [0.25, 0.3) is 5.91 Å². The van der Waals surface area contributed by atoms with E-state index in [1.165, 1.54) is 0 Å². The number of halogens is 1. The zero-order chi connectivity index (χ0) is 17.5. The fourth-order valence-electron chi connectivity index (χ4n) is 2.27. The second-order valence-corrected chi connectivity index (χ2v) is 6.18. The van der Waals surface area contributed by atoms with Crippen LogP contribution in [0.5, 0.6) is 11.5 Å². The Labute approximate surface area is 147 Å². The van der Waals surface area contributed by atoms with Crippen LogP contribution in [0.2, 0.25) is 5.02 Å². The highest BCUT2D eigenvalue weighted by Gasteiger charge is 2.11. The lowest BCUT2D eigenvalue weighted by Gasteiger charge is -2.16. The van der Waals surface area contributed by atoms with E-state index in [0.29, 0.717) is 17.4 Å². The van der Waals surface area contributed by atoms with Gasteiger partial charge in [0.15, 0.2) is 6.61 Å². The van der Waals surface area contributed by atoms with Gasteiger partial charge >= 0.3 is 0 Å². The third-order valence-electron chi connectivity index (χ3n) is 3.48. The van der Waals surface area contributed by atoms with Crippen molar-refractivity contribution in [3.8, 4) is 11.5 Å². The SMILES string of the molecule is Cc1cccc(C)c1OCC(=O)N[C@H](C)COc1ccc(Cl)cc1. The number of aryl methyl sites for hydroxylation is 2. The van der Waals surface area contributed by atoms with E-state index in [2.05, 4.69) is 5.32 Å². The number of amides is 1. The number of para-hydroxylation sites is 1. The smallest absolute Gasteiger partial charge is 0.258 e. The summed E-state index contributed by atoms with van der Waals surface area (Å²) in [6, 6.07) is 12.9. The van der Waals surface area contributed by atoms with Crippen LogP contribution >= 0.6 is 11.6 Å². The van der Waals surface area contributed by atoms with E-state index in [4.69, 9.17) is 21.1 Å². The second-order valence-electron chi connectivity index (χ2n) is 5.74. The Morgan fingerprint density at radius 3 is 2.33 bits per heavy atom. The van der Waals surface area contributed by atoms with E-state index in [1.54, 1.807) is 24.3 Å². The molecule has 2 aromatic rings. The summed E-state index contributed by atoms with van der Waals surface area (Å²) in [5.41, 5.74) is 2.03. The number of rotatable bonds is 7. The molecule has 0 unspecified atom stereocenters. The minimum absolute atomic E-state index is 0.0169. The van der Waals surface area contributed by atoms with E-state index in [1.807, 2.05) is 39.0 Å². The third-order valence-corrected chi connectivity index (χ3v) is 3.73. The predicted molar refractivity (Wildman–Crippen MR) is 96.0 cm³/mol. The Hall–Kier alpha value is -2.20. The zero-order valence-electron chi connectivity index (χ0n) is 14.1. The molecule has 128 valence electrons. The summed E-state index contributed by atoms with van der Waals surface area (Å²) in [7, 11) is 0. The van der Waals surface area contributed by atoms with Gasteiger partial charge in [-0.1, -0.05) is 29.8 Å². The Morgan fingerprint density at radius 1 is 1.08 bits per heavy atom. The molecule has 0 aliphatic carbocycles. The molecule has 4 nitrogen and oxygen atoms in total. The maximum Gasteiger partial charge on any atom is 0.258 e. The molecule has 0 heterocycles. The first kappa shape index (κ1) is 18.1. The zero-order valence-corrected chi connectivity index (χ0v) is 14.9. The monoisotopic (exact) mass is 347 g/mol. The molecule has 0 aliphatic heterocycles. The minimum Gasteiger partial charge on any atom is -0.491 e. The van der Waals surface area contributed by atoms with E-state index in [9.17, 15) is 4.79 Å². The average molecular weight is 348 g/mol. The molecule has 0 aromatic heterocycles. The molecule has 0 radical (unpaired) electrons. The molecule has 5 heteroatoms. The first-order valence-corrected chi connectivity index (χ1v) is 8.20. The lowest BCUT2D eigenvalue weighted by atomic mass is 10.1. The number of carbonyl (C=O) groups excluding carboxylic acids is 1. The molecule has 2 rings (SSSR count). The molecule has 0 aliphatic rings. The molecule has 0 fully saturated rings. The third kappa shape index (κ3) is 5.46. The predicted octanol–water partition coefficient (Wildman–Crippen LogP) is 3.92. The van der Waals surface area contributed by atoms with Crippen LogP contribution in [0.15, 0.2) is 42.5 Å². The van der Waals surface area contributed by atoms with Crippen molar-refractivity contribution in [3.63, 3.8) is 0 Å². The summed E-state index contributed by atoms with van der Waals surface area (Å²) in [5.74, 6) is 1.30. The number of nitrogens with one attached hydrogen (secondary N) is 1. The molecule has 0 saturated heterocycles.